The van der Waals surface area contributed by atoms with Crippen molar-refractivity contribution in [2.45, 2.75) is 6.42 Å². The Morgan fingerprint density at radius 3 is 0.908 bits per heavy atom. The van der Waals surface area contributed by atoms with Gasteiger partial charge in [-0.3, -0.25) is 0 Å². The summed E-state index contributed by atoms with van der Waals surface area (Å²) in [5.74, 6) is 0.262. The van der Waals surface area contributed by atoms with E-state index in [0.717, 1.165) is 219 Å². The molecular weight excluding hydrogens is 1720 g/mol. The van der Waals surface area contributed by atoms with Crippen LogP contribution in [-0.2, 0) is 0 Å². The van der Waals surface area contributed by atoms with Crippen LogP contribution in [0.2, 0.25) is 0 Å². The molecule has 6 nitrogen and oxygen atoms in total. The monoisotopic (exact) mass is 1820 g/mol. The van der Waals surface area contributed by atoms with Crippen molar-refractivity contribution in [2.24, 2.45) is 5.92 Å². The van der Waals surface area contributed by atoms with Gasteiger partial charge in [-0.05, 0) is 305 Å². The number of benzene rings is 21. The SMILES string of the molecule is C=Cc1cccc(N(c2ccc(-c3ccc(N(c4cccc(C=C)c4)c4ccc(-c5ccc(N(C6=CCC(C=C)C=C6)c6ccc(-c7ccc(N(c8ccccc8)c8ccc(C(=C)c9ccc(N(c%10ccc(-c%11ccc(N(c%12ccccc%12)c%12ccc(C=C)c%13ccccc%12%13)cc%11)cc%10)c%10ccc(C=C)c%11ccccc%10%11)cc9)cc8)cc7)cc6)cc5)c5ccccc45)cc3)cc2)c2cccc3ccccc23)c1. The third-order valence-corrected chi connectivity index (χ3v) is 27.5. The van der Waals surface area contributed by atoms with Gasteiger partial charge in [-0.25, -0.2) is 0 Å². The minimum atomic E-state index is 0.262. The van der Waals surface area contributed by atoms with Crippen molar-refractivity contribution in [3.8, 4) is 44.5 Å². The van der Waals surface area contributed by atoms with Gasteiger partial charge in [0, 0.05) is 101 Å². The fourth-order valence-electron chi connectivity index (χ4n) is 20.2. The maximum Gasteiger partial charge on any atom is 0.0540 e. The molecule has 22 rings (SSSR count). The van der Waals surface area contributed by atoms with Gasteiger partial charge in [-0.15, -0.1) is 6.58 Å². The van der Waals surface area contributed by atoms with Crippen molar-refractivity contribution in [1.82, 2.24) is 0 Å². The van der Waals surface area contributed by atoms with Crippen LogP contribution in [-0.4, -0.2) is 0 Å². The Labute approximate surface area is 832 Å². The highest BCUT2D eigenvalue weighted by atomic mass is 15.2. The van der Waals surface area contributed by atoms with Crippen LogP contribution in [0.5, 0.6) is 0 Å². The van der Waals surface area contributed by atoms with E-state index in [9.17, 15) is 0 Å². The van der Waals surface area contributed by atoms with Crippen molar-refractivity contribution in [3.05, 3.63) is 582 Å². The van der Waals surface area contributed by atoms with Gasteiger partial charge in [0.2, 0.25) is 0 Å². The third kappa shape index (κ3) is 17.6. The zero-order chi connectivity index (χ0) is 95.9. The minimum absolute atomic E-state index is 0.262. The average Bonchev–Trinajstić information content (AvgIpc) is 0.758. The second-order valence-corrected chi connectivity index (χ2v) is 35.8. The highest BCUT2D eigenvalue weighted by molar-refractivity contribution is 6.09. The van der Waals surface area contributed by atoms with E-state index >= 15 is 0 Å². The fraction of sp³-hybridized carbons (Fsp3) is 0.0147. The normalized spacial score (nSPS) is 12.2. The second-order valence-electron chi connectivity index (χ2n) is 35.8. The fourth-order valence-corrected chi connectivity index (χ4v) is 20.2. The smallest absolute Gasteiger partial charge is 0.0540 e. The molecule has 1 aliphatic rings. The summed E-state index contributed by atoms with van der Waals surface area (Å²) in [5, 5.41) is 9.24. The van der Waals surface area contributed by atoms with E-state index in [2.05, 4.69) is 560 Å². The maximum atomic E-state index is 4.75. The molecule has 0 bridgehead atoms. The van der Waals surface area contributed by atoms with Crippen LogP contribution in [0, 0.1) is 5.92 Å². The van der Waals surface area contributed by atoms with Crippen molar-refractivity contribution in [2.75, 3.05) is 29.4 Å². The molecule has 0 saturated carbocycles. The molecule has 1 atom stereocenters. The van der Waals surface area contributed by atoms with E-state index in [1.54, 1.807) is 0 Å². The average molecular weight is 1820 g/mol. The van der Waals surface area contributed by atoms with Crippen LogP contribution in [0.1, 0.15) is 39.8 Å². The number of rotatable bonds is 29. The Kier molecular flexibility index (Phi) is 24.7. The third-order valence-electron chi connectivity index (χ3n) is 27.5. The summed E-state index contributed by atoms with van der Waals surface area (Å²) in [7, 11) is 0. The molecule has 142 heavy (non-hydrogen) atoms. The minimum Gasteiger partial charge on any atom is -0.311 e. The van der Waals surface area contributed by atoms with E-state index in [-0.39, 0.29) is 5.92 Å². The molecule has 0 aromatic heterocycles. The quantitative estimate of drug-likeness (QED) is 0.0432. The lowest BCUT2D eigenvalue weighted by Crippen LogP contribution is -2.17. The standard InChI is InChI=1S/C136H102N6/c1-7-96-47-69-113(70-48-96)138(117-87-65-110(66-88-117)127-89-92-136(132-45-25-22-42-129(127)132)142(124-38-27-30-98(9-3)94-124)122-85-63-108(64-86-122)107-61-83-121(84-62-107)141(123-37-26-29-97(8-2)93-123)133-46-28-32-109-31-18-19-41-128(109)133)116-77-55-104(56-78-116)103-53-75-115(76-54-103)137(111-33-14-12-15-34-111)114-71-49-101(50-72-114)95(6)102-51-73-118(74-52-102)140(135-91-68-100(11-5)126-40-21-24-44-131(126)135)120-81-59-106(60-82-120)105-57-79-119(80-58-105)139(112-35-16-13-17-36-112)134-90-67-99(10-4)125-39-20-23-43-130(125)134/h7-47,49-94,96H,1-6,48H2. The molecule has 0 radical (unpaired) electrons. The summed E-state index contributed by atoms with van der Waals surface area (Å²) in [6, 6.07) is 173. The highest BCUT2D eigenvalue weighted by Crippen LogP contribution is 2.50. The predicted octanol–water partition coefficient (Wildman–Crippen LogP) is 38.7. The lowest BCUT2D eigenvalue weighted by Gasteiger charge is -2.29. The van der Waals surface area contributed by atoms with Crippen molar-refractivity contribution >= 4 is 170 Å². The van der Waals surface area contributed by atoms with E-state index in [4.69, 9.17) is 6.58 Å². The van der Waals surface area contributed by atoms with Gasteiger partial charge in [0.05, 0.1) is 22.7 Å². The highest BCUT2D eigenvalue weighted by Gasteiger charge is 2.26. The summed E-state index contributed by atoms with van der Waals surface area (Å²) in [6.07, 6.45) is 17.4. The largest absolute Gasteiger partial charge is 0.311 e. The van der Waals surface area contributed by atoms with Gasteiger partial charge in [0.15, 0.2) is 0 Å². The van der Waals surface area contributed by atoms with Crippen LogP contribution in [0.15, 0.2) is 549 Å². The molecule has 0 heterocycles. The molecule has 21 aromatic carbocycles. The molecule has 0 amide bonds. The van der Waals surface area contributed by atoms with E-state index in [0.29, 0.717) is 0 Å². The van der Waals surface area contributed by atoms with Crippen molar-refractivity contribution in [3.63, 3.8) is 0 Å². The van der Waals surface area contributed by atoms with Crippen molar-refractivity contribution < 1.29 is 0 Å². The summed E-state index contributed by atoms with van der Waals surface area (Å²) in [5.41, 5.74) is 35.4. The number of allylic oxidation sites excluding steroid dienone is 4. The summed E-state index contributed by atoms with van der Waals surface area (Å²) in [6.45, 7) is 25.5. The van der Waals surface area contributed by atoms with Gasteiger partial charge in [-0.1, -0.05) is 373 Å². The lowest BCUT2D eigenvalue weighted by molar-refractivity contribution is 0.812. The topological polar surface area (TPSA) is 19.4 Å². The lowest BCUT2D eigenvalue weighted by atomic mass is 9.95. The number of hydrogen-bond donors (Lipinski definition) is 0. The summed E-state index contributed by atoms with van der Waals surface area (Å²) in [4.78, 5) is 14.1. The zero-order valence-corrected chi connectivity index (χ0v) is 78.9. The number of fused-ring (bicyclic) bond motifs is 4. The number of para-hydroxylation sites is 2. The van der Waals surface area contributed by atoms with Gasteiger partial charge in [-0.2, -0.15) is 0 Å². The molecule has 1 unspecified atom stereocenters. The van der Waals surface area contributed by atoms with Gasteiger partial charge >= 0.3 is 0 Å². The Balaban J connectivity index is 0.508. The Bertz CT molecular complexity index is 8370. The van der Waals surface area contributed by atoms with Crippen LogP contribution in [0.3, 0.4) is 0 Å². The van der Waals surface area contributed by atoms with Crippen LogP contribution < -0.4 is 29.4 Å². The van der Waals surface area contributed by atoms with E-state index in [1.807, 2.05) is 30.4 Å². The zero-order valence-electron chi connectivity index (χ0n) is 78.9. The molecule has 0 spiro atoms. The molecule has 0 aliphatic heterocycles. The Hall–Kier alpha value is -18.6. The molecular formula is C136H102N6. The molecule has 0 saturated heterocycles. The first-order valence-electron chi connectivity index (χ1n) is 48.4. The predicted molar refractivity (Wildman–Crippen MR) is 611 cm³/mol. The van der Waals surface area contributed by atoms with Crippen LogP contribution in [0.25, 0.3) is 117 Å². The Morgan fingerprint density at radius 2 is 0.521 bits per heavy atom. The van der Waals surface area contributed by atoms with Gasteiger partial charge < -0.3 is 29.4 Å². The molecule has 21 aromatic rings. The van der Waals surface area contributed by atoms with E-state index < -0.39 is 0 Å². The van der Waals surface area contributed by atoms with Gasteiger partial charge in [0.1, 0.15) is 0 Å². The van der Waals surface area contributed by atoms with E-state index in [1.165, 1.54) is 16.2 Å². The molecule has 0 fully saturated rings. The number of nitrogens with zero attached hydrogens (tertiary/aromatic N) is 6. The molecule has 0 N–H and O–H groups in total. The summed E-state index contributed by atoms with van der Waals surface area (Å²) >= 11 is 0. The van der Waals surface area contributed by atoms with Crippen LogP contribution >= 0.6 is 0 Å². The van der Waals surface area contributed by atoms with Gasteiger partial charge in [0.25, 0.3) is 0 Å². The maximum absolute atomic E-state index is 4.75. The first-order valence-corrected chi connectivity index (χ1v) is 48.4. The van der Waals surface area contributed by atoms with Crippen LogP contribution in [0.4, 0.5) is 96.7 Å². The first-order chi connectivity index (χ1) is 70.1. The molecule has 676 valence electrons. The Morgan fingerprint density at radius 1 is 0.225 bits per heavy atom. The van der Waals surface area contributed by atoms with Crippen molar-refractivity contribution in [1.29, 1.82) is 0 Å². The second kappa shape index (κ2) is 39.6. The number of hydrogen-bond acceptors (Lipinski definition) is 6. The summed E-state index contributed by atoms with van der Waals surface area (Å²) < 4.78 is 0. The molecule has 6 heteroatoms. The number of anilines is 17. The first kappa shape index (κ1) is 88.6. The molecule has 1 aliphatic carbocycles.